The van der Waals surface area contributed by atoms with Crippen LogP contribution in [-0.4, -0.2) is 5.33 Å². The van der Waals surface area contributed by atoms with Crippen molar-refractivity contribution in [3.8, 4) is 0 Å². The summed E-state index contributed by atoms with van der Waals surface area (Å²) in [6, 6.07) is 0. The topological polar surface area (TPSA) is 0 Å². The summed E-state index contributed by atoms with van der Waals surface area (Å²) in [5.74, 6) is 0. The molecule has 0 spiro atoms. The fourth-order valence-corrected chi connectivity index (χ4v) is 1.19. The smallest absolute Gasteiger partial charge is 0.00342 e. The zero-order chi connectivity index (χ0) is 9.07. The Morgan fingerprint density at radius 1 is 1.00 bits per heavy atom. The molecule has 0 saturated carbocycles. The summed E-state index contributed by atoms with van der Waals surface area (Å²) in [5, 5.41) is 1.11. The Kier molecular flexibility index (Phi) is 10.9. The van der Waals surface area contributed by atoms with Crippen LogP contribution in [0.15, 0.2) is 24.3 Å². The second-order valence-corrected chi connectivity index (χ2v) is 3.62. The average Bonchev–Trinajstić information content (AvgIpc) is 2.10. The van der Waals surface area contributed by atoms with Gasteiger partial charge >= 0.3 is 0 Å². The van der Waals surface area contributed by atoms with Crippen LogP contribution in [0.3, 0.4) is 0 Å². The van der Waals surface area contributed by atoms with E-state index in [0.717, 1.165) is 5.33 Å². The van der Waals surface area contributed by atoms with Crippen LogP contribution in [0, 0.1) is 0 Å². The first-order valence-electron chi connectivity index (χ1n) is 4.79. The second-order valence-electron chi connectivity index (χ2n) is 2.83. The summed E-state index contributed by atoms with van der Waals surface area (Å²) in [7, 11) is 0. The Hall–Kier alpha value is -0.0400. The Morgan fingerprint density at radius 3 is 2.08 bits per heavy atom. The lowest BCUT2D eigenvalue weighted by atomic mass is 10.2. The summed E-state index contributed by atoms with van der Waals surface area (Å²) < 4.78 is 0. The lowest BCUT2D eigenvalue weighted by Crippen LogP contribution is -1.69. The van der Waals surface area contributed by atoms with E-state index in [-0.39, 0.29) is 0 Å². The van der Waals surface area contributed by atoms with Gasteiger partial charge in [-0.25, -0.2) is 0 Å². The van der Waals surface area contributed by atoms with Gasteiger partial charge in [0.25, 0.3) is 0 Å². The molecule has 0 aromatic heterocycles. The zero-order valence-electron chi connectivity index (χ0n) is 7.93. The van der Waals surface area contributed by atoms with Crippen LogP contribution in [-0.2, 0) is 0 Å². The molecule has 0 fully saturated rings. The molecule has 0 unspecified atom stereocenters. The number of hydrogen-bond donors (Lipinski definition) is 0. The van der Waals surface area contributed by atoms with Crippen LogP contribution in [0.5, 0.6) is 0 Å². The molecule has 0 N–H and O–H groups in total. The molecule has 1 heteroatoms. The van der Waals surface area contributed by atoms with E-state index in [4.69, 9.17) is 0 Å². The summed E-state index contributed by atoms with van der Waals surface area (Å²) in [4.78, 5) is 0. The Bertz CT molecular complexity index is 109. The molecule has 0 bridgehead atoms. The molecule has 70 valence electrons. The molecule has 12 heavy (non-hydrogen) atoms. The highest BCUT2D eigenvalue weighted by Gasteiger charge is 1.77. The number of rotatable bonds is 7. The van der Waals surface area contributed by atoms with E-state index < -0.39 is 0 Å². The average molecular weight is 231 g/mol. The van der Waals surface area contributed by atoms with E-state index >= 15 is 0 Å². The van der Waals surface area contributed by atoms with Gasteiger partial charge in [0.2, 0.25) is 0 Å². The minimum atomic E-state index is 1.11. The van der Waals surface area contributed by atoms with Crippen molar-refractivity contribution in [2.24, 2.45) is 0 Å². The first-order chi connectivity index (χ1) is 5.91. The second kappa shape index (κ2) is 11.0. The van der Waals surface area contributed by atoms with Gasteiger partial charge in [0.05, 0.1) is 0 Å². The van der Waals surface area contributed by atoms with E-state index in [1.165, 1.54) is 32.1 Å². The molecule has 0 heterocycles. The molecule has 0 atom stereocenters. The van der Waals surface area contributed by atoms with Gasteiger partial charge in [-0.1, -0.05) is 60.0 Å². The van der Waals surface area contributed by atoms with Gasteiger partial charge in [0.1, 0.15) is 0 Å². The van der Waals surface area contributed by atoms with Crippen LogP contribution in [0.2, 0.25) is 0 Å². The minimum absolute atomic E-state index is 1.11. The van der Waals surface area contributed by atoms with Crippen molar-refractivity contribution < 1.29 is 0 Å². The van der Waals surface area contributed by atoms with Gasteiger partial charge in [-0.3, -0.25) is 0 Å². The number of hydrogen-bond acceptors (Lipinski definition) is 0. The first kappa shape index (κ1) is 12.0. The predicted molar refractivity (Wildman–Crippen MR) is 60.8 cm³/mol. The number of halogens is 1. The van der Waals surface area contributed by atoms with Crippen molar-refractivity contribution in [3.63, 3.8) is 0 Å². The molecule has 0 aliphatic carbocycles. The zero-order valence-corrected chi connectivity index (χ0v) is 9.52. The van der Waals surface area contributed by atoms with Crippen LogP contribution >= 0.6 is 15.9 Å². The third-order valence-electron chi connectivity index (χ3n) is 1.61. The van der Waals surface area contributed by atoms with Gasteiger partial charge in [0.15, 0.2) is 0 Å². The van der Waals surface area contributed by atoms with Gasteiger partial charge in [0, 0.05) is 5.33 Å². The quantitative estimate of drug-likeness (QED) is 0.344. The van der Waals surface area contributed by atoms with Crippen molar-refractivity contribution in [3.05, 3.63) is 24.3 Å². The predicted octanol–water partition coefficient (Wildman–Crippen LogP) is 4.46. The maximum absolute atomic E-state index is 3.40. The fourth-order valence-electron chi connectivity index (χ4n) is 0.867. The van der Waals surface area contributed by atoms with Crippen LogP contribution in [0.4, 0.5) is 0 Å². The van der Waals surface area contributed by atoms with Crippen molar-refractivity contribution >= 4 is 15.9 Å². The minimum Gasteiger partial charge on any atom is -0.0928 e. The normalized spacial score (nSPS) is 11.8. The van der Waals surface area contributed by atoms with Crippen molar-refractivity contribution in [2.45, 2.75) is 39.0 Å². The highest BCUT2D eigenvalue weighted by Crippen LogP contribution is 1.97. The first-order valence-corrected chi connectivity index (χ1v) is 5.91. The SMILES string of the molecule is CCCCC=CC=CCCCBr. The molecule has 0 aromatic carbocycles. The fraction of sp³-hybridized carbons (Fsp3) is 0.636. The van der Waals surface area contributed by atoms with E-state index in [1.807, 2.05) is 0 Å². The van der Waals surface area contributed by atoms with E-state index in [0.29, 0.717) is 0 Å². The van der Waals surface area contributed by atoms with Crippen molar-refractivity contribution in [1.29, 1.82) is 0 Å². The molecule has 0 amide bonds. The molecule has 0 saturated heterocycles. The summed E-state index contributed by atoms with van der Waals surface area (Å²) >= 11 is 3.40. The monoisotopic (exact) mass is 230 g/mol. The lowest BCUT2D eigenvalue weighted by Gasteiger charge is -1.86. The maximum atomic E-state index is 3.40. The van der Waals surface area contributed by atoms with Crippen molar-refractivity contribution in [1.82, 2.24) is 0 Å². The highest BCUT2D eigenvalue weighted by atomic mass is 79.9. The van der Waals surface area contributed by atoms with E-state index in [2.05, 4.69) is 47.2 Å². The summed E-state index contributed by atoms with van der Waals surface area (Å²) in [6.07, 6.45) is 15.0. The number of allylic oxidation sites excluding steroid dienone is 4. The van der Waals surface area contributed by atoms with Crippen LogP contribution < -0.4 is 0 Å². The highest BCUT2D eigenvalue weighted by molar-refractivity contribution is 9.09. The number of unbranched alkanes of at least 4 members (excludes halogenated alkanes) is 3. The third kappa shape index (κ3) is 9.96. The molecule has 0 rings (SSSR count). The van der Waals surface area contributed by atoms with E-state index in [1.54, 1.807) is 0 Å². The van der Waals surface area contributed by atoms with Crippen molar-refractivity contribution in [2.75, 3.05) is 5.33 Å². The summed E-state index contributed by atoms with van der Waals surface area (Å²) in [6.45, 7) is 2.22. The molecule has 0 aliphatic rings. The molecule has 0 radical (unpaired) electrons. The molecular weight excluding hydrogens is 212 g/mol. The molecule has 0 aromatic rings. The van der Waals surface area contributed by atoms with Gasteiger partial charge in [-0.2, -0.15) is 0 Å². The standard InChI is InChI=1S/C11H19Br/c1-2-3-4-5-6-7-8-9-10-11-12/h5-8H,2-4,9-11H2,1H3. The van der Waals surface area contributed by atoms with Gasteiger partial charge in [-0.15, -0.1) is 0 Å². The maximum Gasteiger partial charge on any atom is 0.00342 e. The Balaban J connectivity index is 3.15. The number of alkyl halides is 1. The van der Waals surface area contributed by atoms with Crippen LogP contribution in [0.1, 0.15) is 39.0 Å². The molecule has 0 nitrogen and oxygen atoms in total. The Morgan fingerprint density at radius 2 is 1.58 bits per heavy atom. The molecular formula is C11H19Br. The largest absolute Gasteiger partial charge is 0.0928 e. The third-order valence-corrected chi connectivity index (χ3v) is 2.17. The summed E-state index contributed by atoms with van der Waals surface area (Å²) in [5.41, 5.74) is 0. The lowest BCUT2D eigenvalue weighted by molar-refractivity contribution is 0.815. The van der Waals surface area contributed by atoms with Gasteiger partial charge < -0.3 is 0 Å². The van der Waals surface area contributed by atoms with Crippen LogP contribution in [0.25, 0.3) is 0 Å². The molecule has 0 aliphatic heterocycles. The van der Waals surface area contributed by atoms with Gasteiger partial charge in [-0.05, 0) is 19.3 Å². The van der Waals surface area contributed by atoms with E-state index in [9.17, 15) is 0 Å². The Labute approximate surface area is 84.9 Å².